The molecule has 1 N–H and O–H groups in total. The minimum absolute atomic E-state index is 0.0220. The first-order chi connectivity index (χ1) is 9.61. The third-order valence-electron chi connectivity index (χ3n) is 3.39. The third-order valence-corrected chi connectivity index (χ3v) is 3.39. The quantitative estimate of drug-likeness (QED) is 0.512. The number of hydrogen-bond acceptors (Lipinski definition) is 4. The van der Waals surface area contributed by atoms with Gasteiger partial charge in [-0.1, -0.05) is 12.1 Å². The molecular formula is C14H16N2O4. The lowest BCUT2D eigenvalue weighted by molar-refractivity contribution is -0.385. The maximum Gasteiger partial charge on any atom is 0.276 e. The standard InChI is InChI=1S/C14H16N2O4/c17-10-11-7-8-15(9-11)14(18)6-5-12-3-1-2-4-13(12)16(19)20/h1-6,11,17H,7-10H2. The Morgan fingerprint density at radius 3 is 2.90 bits per heavy atom. The Balaban J connectivity index is 2.06. The van der Waals surface area contributed by atoms with Gasteiger partial charge < -0.3 is 10.0 Å². The smallest absolute Gasteiger partial charge is 0.276 e. The zero-order valence-corrected chi connectivity index (χ0v) is 10.9. The third kappa shape index (κ3) is 3.21. The molecule has 0 aliphatic carbocycles. The molecule has 6 nitrogen and oxygen atoms in total. The van der Waals surface area contributed by atoms with Crippen molar-refractivity contribution in [2.24, 2.45) is 5.92 Å². The fourth-order valence-corrected chi connectivity index (χ4v) is 2.24. The summed E-state index contributed by atoms with van der Waals surface area (Å²) >= 11 is 0. The second kappa shape index (κ2) is 6.29. The van der Waals surface area contributed by atoms with Crippen molar-refractivity contribution < 1.29 is 14.8 Å². The Labute approximate surface area is 116 Å². The number of rotatable bonds is 4. The largest absolute Gasteiger partial charge is 0.396 e. The summed E-state index contributed by atoms with van der Waals surface area (Å²) in [6.07, 6.45) is 3.61. The van der Waals surface area contributed by atoms with Crippen LogP contribution < -0.4 is 0 Å². The number of nitro benzene ring substituents is 1. The molecule has 0 aromatic heterocycles. The van der Waals surface area contributed by atoms with Crippen molar-refractivity contribution in [1.82, 2.24) is 4.90 Å². The summed E-state index contributed by atoms with van der Waals surface area (Å²) in [6, 6.07) is 6.28. The lowest BCUT2D eigenvalue weighted by atomic mass is 10.1. The molecule has 1 atom stereocenters. The van der Waals surface area contributed by atoms with Crippen LogP contribution in [-0.2, 0) is 4.79 Å². The van der Waals surface area contributed by atoms with Gasteiger partial charge in [-0.05, 0) is 18.6 Å². The Morgan fingerprint density at radius 2 is 2.25 bits per heavy atom. The summed E-state index contributed by atoms with van der Waals surface area (Å²) < 4.78 is 0. The van der Waals surface area contributed by atoms with Crippen LogP contribution in [-0.4, -0.2) is 40.5 Å². The molecule has 1 unspecified atom stereocenters. The van der Waals surface area contributed by atoms with Crippen molar-refractivity contribution in [3.63, 3.8) is 0 Å². The molecule has 6 heteroatoms. The van der Waals surface area contributed by atoms with Crippen molar-refractivity contribution in [2.45, 2.75) is 6.42 Å². The second-order valence-electron chi connectivity index (χ2n) is 4.77. The highest BCUT2D eigenvalue weighted by Crippen LogP contribution is 2.20. The van der Waals surface area contributed by atoms with Crippen LogP contribution in [0.1, 0.15) is 12.0 Å². The van der Waals surface area contributed by atoms with Crippen LogP contribution >= 0.6 is 0 Å². The number of para-hydroxylation sites is 1. The average molecular weight is 276 g/mol. The van der Waals surface area contributed by atoms with Crippen LogP contribution in [0.3, 0.4) is 0 Å². The molecule has 1 aromatic rings. The number of hydrogen-bond donors (Lipinski definition) is 1. The molecule has 0 spiro atoms. The second-order valence-corrected chi connectivity index (χ2v) is 4.77. The van der Waals surface area contributed by atoms with Gasteiger partial charge in [0.15, 0.2) is 0 Å². The normalized spacial score (nSPS) is 18.6. The molecule has 1 fully saturated rings. The Morgan fingerprint density at radius 1 is 1.50 bits per heavy atom. The number of likely N-dealkylation sites (tertiary alicyclic amines) is 1. The number of carbonyl (C=O) groups is 1. The number of carbonyl (C=O) groups excluding carboxylic acids is 1. The number of benzene rings is 1. The van der Waals surface area contributed by atoms with Gasteiger partial charge >= 0.3 is 0 Å². The fraction of sp³-hybridized carbons (Fsp3) is 0.357. The molecular weight excluding hydrogens is 260 g/mol. The molecule has 1 aliphatic rings. The maximum atomic E-state index is 11.9. The van der Waals surface area contributed by atoms with Gasteiger partial charge in [-0.25, -0.2) is 0 Å². The van der Waals surface area contributed by atoms with E-state index in [0.29, 0.717) is 18.7 Å². The van der Waals surface area contributed by atoms with E-state index in [1.54, 1.807) is 23.1 Å². The Bertz CT molecular complexity index is 542. The van der Waals surface area contributed by atoms with E-state index in [4.69, 9.17) is 5.11 Å². The van der Waals surface area contributed by atoms with Crippen molar-refractivity contribution in [2.75, 3.05) is 19.7 Å². The van der Waals surface area contributed by atoms with Crippen LogP contribution in [0.4, 0.5) is 5.69 Å². The van der Waals surface area contributed by atoms with Gasteiger partial charge in [0, 0.05) is 37.8 Å². The molecule has 2 rings (SSSR count). The summed E-state index contributed by atoms with van der Waals surface area (Å²) in [5.74, 6) is -0.0440. The Kier molecular flexibility index (Phi) is 4.47. The van der Waals surface area contributed by atoms with Gasteiger partial charge in [0.1, 0.15) is 0 Å². The topological polar surface area (TPSA) is 83.7 Å². The molecule has 0 radical (unpaired) electrons. The van der Waals surface area contributed by atoms with Gasteiger partial charge in [0.25, 0.3) is 5.69 Å². The average Bonchev–Trinajstić information content (AvgIpc) is 2.94. The monoisotopic (exact) mass is 276 g/mol. The fourth-order valence-electron chi connectivity index (χ4n) is 2.24. The van der Waals surface area contributed by atoms with E-state index in [-0.39, 0.29) is 24.1 Å². The molecule has 1 aromatic carbocycles. The van der Waals surface area contributed by atoms with E-state index in [2.05, 4.69) is 0 Å². The van der Waals surface area contributed by atoms with Gasteiger partial charge in [-0.3, -0.25) is 14.9 Å². The summed E-state index contributed by atoms with van der Waals surface area (Å²) in [5, 5.41) is 19.9. The van der Waals surface area contributed by atoms with E-state index < -0.39 is 4.92 Å². The van der Waals surface area contributed by atoms with Crippen LogP contribution in [0.15, 0.2) is 30.3 Å². The first-order valence-corrected chi connectivity index (χ1v) is 6.43. The van der Waals surface area contributed by atoms with Crippen LogP contribution in [0.25, 0.3) is 6.08 Å². The summed E-state index contributed by atoms with van der Waals surface area (Å²) in [7, 11) is 0. The Hall–Kier alpha value is -2.21. The first kappa shape index (κ1) is 14.2. The lowest BCUT2D eigenvalue weighted by Gasteiger charge is -2.13. The van der Waals surface area contributed by atoms with Gasteiger partial charge in [0.05, 0.1) is 10.5 Å². The van der Waals surface area contributed by atoms with Crippen molar-refractivity contribution in [1.29, 1.82) is 0 Å². The number of aliphatic hydroxyl groups is 1. The van der Waals surface area contributed by atoms with Crippen molar-refractivity contribution in [3.05, 3.63) is 46.0 Å². The first-order valence-electron chi connectivity index (χ1n) is 6.43. The maximum absolute atomic E-state index is 11.9. The van der Waals surface area contributed by atoms with E-state index in [0.717, 1.165) is 6.42 Å². The zero-order valence-electron chi connectivity index (χ0n) is 10.9. The van der Waals surface area contributed by atoms with E-state index in [1.165, 1.54) is 18.2 Å². The van der Waals surface area contributed by atoms with Crippen LogP contribution in [0.2, 0.25) is 0 Å². The summed E-state index contributed by atoms with van der Waals surface area (Å²) in [6.45, 7) is 1.24. The highest BCUT2D eigenvalue weighted by atomic mass is 16.6. The predicted octanol–water partition coefficient (Wildman–Crippen LogP) is 1.45. The molecule has 1 amide bonds. The van der Waals surface area contributed by atoms with E-state index in [9.17, 15) is 14.9 Å². The molecule has 0 bridgehead atoms. The SMILES string of the molecule is O=C(C=Cc1ccccc1[N+](=O)[O-])N1CCC(CO)C1. The minimum atomic E-state index is -0.470. The zero-order chi connectivity index (χ0) is 14.5. The van der Waals surface area contributed by atoms with Crippen molar-refractivity contribution in [3.8, 4) is 0 Å². The van der Waals surface area contributed by atoms with E-state index in [1.807, 2.05) is 0 Å². The van der Waals surface area contributed by atoms with Gasteiger partial charge in [0.2, 0.25) is 5.91 Å². The highest BCUT2D eigenvalue weighted by Gasteiger charge is 2.24. The number of amides is 1. The van der Waals surface area contributed by atoms with E-state index >= 15 is 0 Å². The summed E-state index contributed by atoms with van der Waals surface area (Å²) in [4.78, 5) is 24.0. The minimum Gasteiger partial charge on any atom is -0.396 e. The number of aliphatic hydroxyl groups excluding tert-OH is 1. The van der Waals surface area contributed by atoms with Crippen LogP contribution in [0, 0.1) is 16.0 Å². The molecule has 106 valence electrons. The molecule has 1 aliphatic heterocycles. The highest BCUT2D eigenvalue weighted by molar-refractivity contribution is 5.92. The van der Waals surface area contributed by atoms with Gasteiger partial charge in [-0.2, -0.15) is 0 Å². The predicted molar refractivity (Wildman–Crippen MR) is 73.9 cm³/mol. The van der Waals surface area contributed by atoms with Crippen molar-refractivity contribution >= 4 is 17.7 Å². The van der Waals surface area contributed by atoms with Crippen LogP contribution in [0.5, 0.6) is 0 Å². The number of nitrogens with zero attached hydrogens (tertiary/aromatic N) is 2. The van der Waals surface area contributed by atoms with Gasteiger partial charge in [-0.15, -0.1) is 0 Å². The molecule has 20 heavy (non-hydrogen) atoms. The molecule has 0 saturated carbocycles. The molecule has 1 saturated heterocycles. The summed E-state index contributed by atoms with van der Waals surface area (Å²) in [5.41, 5.74) is 0.384. The lowest BCUT2D eigenvalue weighted by Crippen LogP contribution is -2.27. The molecule has 1 heterocycles. The number of nitro groups is 1.